The lowest BCUT2D eigenvalue weighted by Crippen LogP contribution is -2.49. The average molecular weight is 347 g/mol. The Morgan fingerprint density at radius 1 is 1.44 bits per heavy atom. The van der Waals surface area contributed by atoms with Crippen LogP contribution < -0.4 is 5.32 Å². The summed E-state index contributed by atoms with van der Waals surface area (Å²) < 4.78 is 45.1. The number of alkyl halides is 2. The first-order valence-corrected chi connectivity index (χ1v) is 5.45. The van der Waals surface area contributed by atoms with E-state index in [1.54, 1.807) is 0 Å². The number of hydrogen-bond acceptors (Lipinski definition) is 2. The van der Waals surface area contributed by atoms with Crippen LogP contribution in [0.25, 0.3) is 0 Å². The molecule has 100 valence electrons. The van der Waals surface area contributed by atoms with Gasteiger partial charge in [0.15, 0.2) is 6.61 Å². The van der Waals surface area contributed by atoms with Crippen LogP contribution in [0.3, 0.4) is 0 Å². The van der Waals surface area contributed by atoms with Crippen molar-refractivity contribution in [3.05, 3.63) is 34.1 Å². The van der Waals surface area contributed by atoms with Crippen LogP contribution in [0.15, 0.2) is 22.7 Å². The van der Waals surface area contributed by atoms with Gasteiger partial charge in [-0.2, -0.15) is 0 Å². The number of nitrogens with one attached hydrogen (secondary N) is 1. The monoisotopic (exact) mass is 345 g/mol. The maximum atomic E-state index is 13.5. The van der Waals surface area contributed by atoms with Gasteiger partial charge in [-0.05, 0) is 12.1 Å². The van der Waals surface area contributed by atoms with Crippen molar-refractivity contribution < 1.29 is 22.7 Å². The maximum absolute atomic E-state index is 13.5. The second kappa shape index (κ2) is 5.36. The number of halogens is 5. The summed E-state index contributed by atoms with van der Waals surface area (Å²) in [5.74, 6) is -4.16. The molecule has 1 amide bonds. The number of cyclic esters (lactones) is 1. The first-order valence-electron chi connectivity index (χ1n) is 4.66. The number of amides is 1. The number of carbonyl (C=O) groups excluding carboxylic acids is 1. The molecule has 0 aromatic heterocycles. The zero-order valence-corrected chi connectivity index (χ0v) is 11.2. The van der Waals surface area contributed by atoms with Gasteiger partial charge in [-0.15, -0.1) is 12.4 Å². The molecule has 1 aliphatic rings. The van der Waals surface area contributed by atoms with E-state index >= 15 is 0 Å². The van der Waals surface area contributed by atoms with E-state index in [0.717, 1.165) is 6.07 Å². The summed E-state index contributed by atoms with van der Waals surface area (Å²) in [7, 11) is 0. The van der Waals surface area contributed by atoms with E-state index < -0.39 is 30.5 Å². The van der Waals surface area contributed by atoms with Gasteiger partial charge in [0.05, 0.1) is 0 Å². The van der Waals surface area contributed by atoms with Gasteiger partial charge in [0.25, 0.3) is 0 Å². The molecule has 0 radical (unpaired) electrons. The molecular formula is C10H8BrClF3NO2. The van der Waals surface area contributed by atoms with Crippen molar-refractivity contribution in [2.24, 2.45) is 0 Å². The van der Waals surface area contributed by atoms with E-state index in [9.17, 15) is 18.0 Å². The van der Waals surface area contributed by atoms with E-state index in [1.807, 2.05) is 5.32 Å². The number of rotatable bonds is 1. The highest BCUT2D eigenvalue weighted by Crippen LogP contribution is 2.36. The molecule has 0 spiro atoms. The predicted molar refractivity (Wildman–Crippen MR) is 63.5 cm³/mol. The molecule has 3 nitrogen and oxygen atoms in total. The Labute approximate surface area is 115 Å². The van der Waals surface area contributed by atoms with Crippen LogP contribution in [0.5, 0.6) is 0 Å². The number of carbonyl (C=O) groups is 1. The Kier molecular flexibility index (Phi) is 4.50. The summed E-state index contributed by atoms with van der Waals surface area (Å²) in [6, 6.07) is 1.98. The summed E-state index contributed by atoms with van der Waals surface area (Å²) >= 11 is 3.02. The lowest BCUT2D eigenvalue weighted by atomic mass is 10.00. The molecule has 1 fully saturated rings. The second-order valence-corrected chi connectivity index (χ2v) is 4.50. The van der Waals surface area contributed by atoms with Crippen LogP contribution >= 0.6 is 28.3 Å². The SMILES string of the molecule is Cl.O=C1N[C@H](c2ccc(Br)cc2F)C(F)(F)CO1. The highest BCUT2D eigenvalue weighted by Gasteiger charge is 2.47. The highest BCUT2D eigenvalue weighted by atomic mass is 79.9. The topological polar surface area (TPSA) is 38.3 Å². The maximum Gasteiger partial charge on any atom is 0.408 e. The third kappa shape index (κ3) is 2.89. The molecule has 8 heteroatoms. The fraction of sp³-hybridized carbons (Fsp3) is 0.300. The Morgan fingerprint density at radius 3 is 2.72 bits per heavy atom. The van der Waals surface area contributed by atoms with Crippen LogP contribution in [0, 0.1) is 5.82 Å². The Bertz CT molecular complexity index is 472. The second-order valence-electron chi connectivity index (χ2n) is 3.58. The molecule has 2 rings (SSSR count). The molecule has 1 N–H and O–H groups in total. The third-order valence-corrected chi connectivity index (χ3v) is 2.85. The minimum atomic E-state index is -3.34. The Hall–Kier alpha value is -0.950. The van der Waals surface area contributed by atoms with Crippen LogP contribution in [-0.4, -0.2) is 18.6 Å². The zero-order valence-electron chi connectivity index (χ0n) is 8.75. The molecule has 1 atom stereocenters. The number of alkyl carbamates (subject to hydrolysis) is 1. The average Bonchev–Trinajstić information content (AvgIpc) is 2.23. The number of benzene rings is 1. The normalized spacial score (nSPS) is 21.6. The van der Waals surface area contributed by atoms with Gasteiger partial charge >= 0.3 is 12.0 Å². The lowest BCUT2D eigenvalue weighted by Gasteiger charge is -2.31. The van der Waals surface area contributed by atoms with Crippen molar-refractivity contribution in [3.63, 3.8) is 0 Å². The molecule has 0 unspecified atom stereocenters. The first-order chi connectivity index (χ1) is 7.90. The summed E-state index contributed by atoms with van der Waals surface area (Å²) in [4.78, 5) is 10.9. The largest absolute Gasteiger partial charge is 0.443 e. The summed E-state index contributed by atoms with van der Waals surface area (Å²) in [6.45, 7) is -1.06. The molecule has 0 bridgehead atoms. The van der Waals surface area contributed by atoms with Crippen molar-refractivity contribution in [1.29, 1.82) is 0 Å². The quantitative estimate of drug-likeness (QED) is 0.846. The minimum absolute atomic E-state index is 0. The van der Waals surface area contributed by atoms with Crippen molar-refractivity contribution in [1.82, 2.24) is 5.32 Å². The fourth-order valence-electron chi connectivity index (χ4n) is 1.55. The smallest absolute Gasteiger partial charge is 0.408 e. The van der Waals surface area contributed by atoms with Crippen LogP contribution in [0.2, 0.25) is 0 Å². The van der Waals surface area contributed by atoms with Crippen molar-refractivity contribution in [2.75, 3.05) is 6.61 Å². The van der Waals surface area contributed by atoms with Gasteiger partial charge in [-0.3, -0.25) is 0 Å². The first kappa shape index (κ1) is 15.1. The summed E-state index contributed by atoms with van der Waals surface area (Å²) in [6.07, 6.45) is -0.983. The van der Waals surface area contributed by atoms with Crippen molar-refractivity contribution in [3.8, 4) is 0 Å². The molecule has 1 saturated heterocycles. The standard InChI is InChI=1S/C10H7BrF3NO2.ClH/c11-5-1-2-6(7(12)3-5)8-10(13,14)4-17-9(16)15-8;/h1-3,8H,4H2,(H,15,16);1H/t8-;/m1./s1. The van der Waals surface area contributed by atoms with Gasteiger partial charge in [-0.1, -0.05) is 22.0 Å². The van der Waals surface area contributed by atoms with Gasteiger partial charge in [0, 0.05) is 10.0 Å². The molecule has 0 saturated carbocycles. The van der Waals surface area contributed by atoms with Gasteiger partial charge < -0.3 is 10.1 Å². The van der Waals surface area contributed by atoms with Crippen LogP contribution in [-0.2, 0) is 4.74 Å². The van der Waals surface area contributed by atoms with E-state index in [-0.39, 0.29) is 18.0 Å². The molecule has 1 heterocycles. The minimum Gasteiger partial charge on any atom is -0.443 e. The zero-order chi connectivity index (χ0) is 12.6. The van der Waals surface area contributed by atoms with Crippen LogP contribution in [0.1, 0.15) is 11.6 Å². The Balaban J connectivity index is 0.00000162. The lowest BCUT2D eigenvalue weighted by molar-refractivity contribution is -0.105. The molecule has 1 aromatic rings. The van der Waals surface area contributed by atoms with Crippen LogP contribution in [0.4, 0.5) is 18.0 Å². The molecule has 0 aliphatic carbocycles. The Morgan fingerprint density at radius 2 is 2.11 bits per heavy atom. The molecular weight excluding hydrogens is 338 g/mol. The van der Waals surface area contributed by atoms with Gasteiger partial charge in [0.1, 0.15) is 11.9 Å². The van der Waals surface area contributed by atoms with Crippen molar-refractivity contribution >= 4 is 34.4 Å². The van der Waals surface area contributed by atoms with E-state index in [0.29, 0.717) is 4.47 Å². The van der Waals surface area contributed by atoms with E-state index in [4.69, 9.17) is 0 Å². The predicted octanol–water partition coefficient (Wildman–Crippen LogP) is 3.43. The van der Waals surface area contributed by atoms with E-state index in [2.05, 4.69) is 20.7 Å². The number of hydrogen-bond donors (Lipinski definition) is 1. The van der Waals surface area contributed by atoms with Gasteiger partial charge in [0.2, 0.25) is 0 Å². The summed E-state index contributed by atoms with van der Waals surface area (Å²) in [5, 5.41) is 1.92. The molecule has 1 aromatic carbocycles. The third-order valence-electron chi connectivity index (χ3n) is 2.35. The number of ether oxygens (including phenoxy) is 1. The van der Waals surface area contributed by atoms with E-state index in [1.165, 1.54) is 12.1 Å². The summed E-state index contributed by atoms with van der Waals surface area (Å²) in [5.41, 5.74) is -0.269. The fourth-order valence-corrected chi connectivity index (χ4v) is 1.88. The molecule has 1 aliphatic heterocycles. The van der Waals surface area contributed by atoms with Crippen molar-refractivity contribution in [2.45, 2.75) is 12.0 Å². The van der Waals surface area contributed by atoms with Gasteiger partial charge in [-0.25, -0.2) is 18.0 Å². The molecule has 18 heavy (non-hydrogen) atoms. The highest BCUT2D eigenvalue weighted by molar-refractivity contribution is 9.10.